The van der Waals surface area contributed by atoms with Gasteiger partial charge in [-0.2, -0.15) is 0 Å². The van der Waals surface area contributed by atoms with E-state index in [2.05, 4.69) is 14.9 Å². The number of alkyl halides is 2. The molecule has 0 atom stereocenters. The summed E-state index contributed by atoms with van der Waals surface area (Å²) < 4.78 is 25.8. The molecule has 2 aromatic rings. The van der Waals surface area contributed by atoms with Gasteiger partial charge in [0.25, 0.3) is 12.3 Å². The minimum atomic E-state index is -2.73. The fourth-order valence-corrected chi connectivity index (χ4v) is 3.09. The quantitative estimate of drug-likeness (QED) is 0.836. The Bertz CT molecular complexity index is 779. The molecule has 1 aromatic carbocycles. The number of hydrogen-bond donors (Lipinski definition) is 0. The number of benzene rings is 1. The summed E-state index contributed by atoms with van der Waals surface area (Å²) in [6.07, 6.45) is -2.73. The van der Waals surface area contributed by atoms with E-state index in [4.69, 9.17) is 11.6 Å². The predicted molar refractivity (Wildman–Crippen MR) is 91.3 cm³/mol. The summed E-state index contributed by atoms with van der Waals surface area (Å²) in [6, 6.07) is 8.60. The molecule has 1 aromatic heterocycles. The number of nitrogens with zero attached hydrogens (tertiary/aromatic N) is 4. The number of carbonyl (C=O) groups is 1. The van der Waals surface area contributed by atoms with Gasteiger partial charge in [-0.3, -0.25) is 4.79 Å². The normalized spacial score (nSPS) is 14.9. The lowest BCUT2D eigenvalue weighted by molar-refractivity contribution is 0.0739. The van der Waals surface area contributed by atoms with E-state index in [9.17, 15) is 13.6 Å². The number of anilines is 1. The third kappa shape index (κ3) is 3.87. The van der Waals surface area contributed by atoms with Gasteiger partial charge in [-0.1, -0.05) is 23.7 Å². The zero-order valence-electron chi connectivity index (χ0n) is 13.6. The van der Waals surface area contributed by atoms with Crippen molar-refractivity contribution in [3.05, 3.63) is 52.6 Å². The van der Waals surface area contributed by atoms with E-state index in [1.54, 1.807) is 4.90 Å². The fourth-order valence-electron chi connectivity index (χ4n) is 2.83. The Morgan fingerprint density at radius 2 is 1.84 bits per heavy atom. The molecule has 0 aliphatic carbocycles. The first-order valence-electron chi connectivity index (χ1n) is 7.88. The third-order valence-corrected chi connectivity index (χ3v) is 4.38. The number of aryl methyl sites for hydroxylation is 1. The average molecular weight is 367 g/mol. The molecule has 1 aliphatic rings. The van der Waals surface area contributed by atoms with Crippen molar-refractivity contribution in [2.45, 2.75) is 13.3 Å². The van der Waals surface area contributed by atoms with Gasteiger partial charge in [0.1, 0.15) is 17.2 Å². The Labute approximate surface area is 149 Å². The summed E-state index contributed by atoms with van der Waals surface area (Å²) in [5.74, 6) is -0.193. The molecule has 5 nitrogen and oxygen atoms in total. The molecule has 1 amide bonds. The van der Waals surface area contributed by atoms with Gasteiger partial charge >= 0.3 is 0 Å². The first kappa shape index (κ1) is 17.5. The van der Waals surface area contributed by atoms with E-state index < -0.39 is 12.1 Å². The number of halogens is 3. The molecule has 3 rings (SSSR count). The van der Waals surface area contributed by atoms with Crippen LogP contribution in [0.25, 0.3) is 0 Å². The number of amides is 1. The van der Waals surface area contributed by atoms with Crippen molar-refractivity contribution in [1.29, 1.82) is 0 Å². The van der Waals surface area contributed by atoms with Crippen molar-refractivity contribution in [2.75, 3.05) is 31.1 Å². The van der Waals surface area contributed by atoms with Crippen LogP contribution in [0.5, 0.6) is 0 Å². The van der Waals surface area contributed by atoms with Gasteiger partial charge in [-0.15, -0.1) is 0 Å². The highest BCUT2D eigenvalue weighted by Crippen LogP contribution is 2.26. The largest absolute Gasteiger partial charge is 0.367 e. The summed E-state index contributed by atoms with van der Waals surface area (Å²) in [6.45, 7) is 3.66. The van der Waals surface area contributed by atoms with E-state index >= 15 is 0 Å². The molecule has 0 saturated carbocycles. The number of para-hydroxylation sites is 1. The van der Waals surface area contributed by atoms with E-state index in [1.807, 2.05) is 24.3 Å². The van der Waals surface area contributed by atoms with Gasteiger partial charge in [0.15, 0.2) is 0 Å². The number of hydrogen-bond acceptors (Lipinski definition) is 4. The van der Waals surface area contributed by atoms with Crippen LogP contribution in [0.4, 0.5) is 14.5 Å². The highest BCUT2D eigenvalue weighted by Gasteiger charge is 2.25. The van der Waals surface area contributed by atoms with Crippen molar-refractivity contribution in [3.63, 3.8) is 0 Å². The number of piperazine rings is 1. The Morgan fingerprint density at radius 3 is 2.48 bits per heavy atom. The van der Waals surface area contributed by atoms with Crippen molar-refractivity contribution in [2.24, 2.45) is 0 Å². The van der Waals surface area contributed by atoms with Crippen molar-refractivity contribution in [3.8, 4) is 0 Å². The highest BCUT2D eigenvalue weighted by molar-refractivity contribution is 6.33. The van der Waals surface area contributed by atoms with Crippen LogP contribution in [0.15, 0.2) is 30.3 Å². The Balaban J connectivity index is 1.71. The molecule has 0 bridgehead atoms. The zero-order chi connectivity index (χ0) is 18.0. The Morgan fingerprint density at radius 1 is 1.16 bits per heavy atom. The molecular weight excluding hydrogens is 350 g/mol. The molecule has 1 aliphatic heterocycles. The van der Waals surface area contributed by atoms with Crippen LogP contribution < -0.4 is 4.90 Å². The predicted octanol–water partition coefficient (Wildman–Crippen LogP) is 3.34. The molecule has 0 N–H and O–H groups in total. The van der Waals surface area contributed by atoms with E-state index in [-0.39, 0.29) is 17.4 Å². The fraction of sp³-hybridized carbons (Fsp3) is 0.353. The van der Waals surface area contributed by atoms with Gasteiger partial charge in [0, 0.05) is 26.2 Å². The Kier molecular flexibility index (Phi) is 5.13. The summed E-state index contributed by atoms with van der Waals surface area (Å²) in [7, 11) is 0. The van der Waals surface area contributed by atoms with Crippen molar-refractivity contribution >= 4 is 23.2 Å². The highest BCUT2D eigenvalue weighted by atomic mass is 35.5. The molecular formula is C17H17ClF2N4O. The molecule has 0 radical (unpaired) electrons. The van der Waals surface area contributed by atoms with E-state index in [0.29, 0.717) is 31.2 Å². The maximum Gasteiger partial charge on any atom is 0.280 e. The standard InChI is InChI=1S/C17H17ClF2N4O/c1-11-21-13(16(19)20)10-14(22-11)17(25)24-8-6-23(7-9-24)15-5-3-2-4-12(15)18/h2-5,10,16H,6-9H2,1H3. The van der Waals surface area contributed by atoms with Crippen LogP contribution in [0, 0.1) is 6.92 Å². The van der Waals surface area contributed by atoms with Crippen LogP contribution in [-0.4, -0.2) is 47.0 Å². The number of carbonyl (C=O) groups excluding carboxylic acids is 1. The molecule has 0 spiro atoms. The second kappa shape index (κ2) is 7.31. The van der Waals surface area contributed by atoms with Crippen molar-refractivity contribution in [1.82, 2.24) is 14.9 Å². The number of rotatable bonds is 3. The maximum absolute atomic E-state index is 12.9. The monoisotopic (exact) mass is 366 g/mol. The minimum absolute atomic E-state index is 0.00833. The van der Waals surface area contributed by atoms with Crippen LogP contribution in [-0.2, 0) is 0 Å². The van der Waals surface area contributed by atoms with Crippen LogP contribution in [0.2, 0.25) is 5.02 Å². The van der Waals surface area contributed by atoms with Gasteiger partial charge < -0.3 is 9.80 Å². The summed E-state index contributed by atoms with van der Waals surface area (Å²) in [5, 5.41) is 0.662. The SMILES string of the molecule is Cc1nc(C(=O)N2CCN(c3ccccc3Cl)CC2)cc(C(F)F)n1. The second-order valence-corrected chi connectivity index (χ2v) is 6.16. The lowest BCUT2D eigenvalue weighted by Crippen LogP contribution is -2.49. The topological polar surface area (TPSA) is 49.3 Å². The summed E-state index contributed by atoms with van der Waals surface area (Å²) in [4.78, 5) is 24.0. The minimum Gasteiger partial charge on any atom is -0.367 e. The summed E-state index contributed by atoms with van der Waals surface area (Å²) in [5.41, 5.74) is 0.508. The number of aromatic nitrogens is 2. The molecule has 132 valence electrons. The van der Waals surface area contributed by atoms with Gasteiger partial charge in [0.2, 0.25) is 0 Å². The average Bonchev–Trinajstić information content (AvgIpc) is 2.61. The van der Waals surface area contributed by atoms with Crippen LogP contribution >= 0.6 is 11.6 Å². The molecule has 8 heteroatoms. The van der Waals surface area contributed by atoms with Crippen LogP contribution in [0.1, 0.15) is 28.4 Å². The second-order valence-electron chi connectivity index (χ2n) is 5.76. The summed E-state index contributed by atoms with van der Waals surface area (Å²) >= 11 is 6.21. The molecule has 1 fully saturated rings. The molecule has 2 heterocycles. The van der Waals surface area contributed by atoms with Crippen LogP contribution in [0.3, 0.4) is 0 Å². The van der Waals surface area contributed by atoms with Gasteiger partial charge in [-0.25, -0.2) is 18.7 Å². The molecule has 1 saturated heterocycles. The molecule has 25 heavy (non-hydrogen) atoms. The smallest absolute Gasteiger partial charge is 0.280 e. The van der Waals surface area contributed by atoms with Gasteiger partial charge in [-0.05, 0) is 25.1 Å². The van der Waals surface area contributed by atoms with E-state index in [1.165, 1.54) is 6.92 Å². The molecule has 0 unspecified atom stereocenters. The van der Waals surface area contributed by atoms with Gasteiger partial charge in [0.05, 0.1) is 10.7 Å². The third-order valence-electron chi connectivity index (χ3n) is 4.06. The Hall–Kier alpha value is -2.28. The lowest BCUT2D eigenvalue weighted by atomic mass is 10.2. The first-order valence-corrected chi connectivity index (χ1v) is 8.26. The maximum atomic E-state index is 12.9. The first-order chi connectivity index (χ1) is 12.0. The van der Waals surface area contributed by atoms with E-state index in [0.717, 1.165) is 11.8 Å². The zero-order valence-corrected chi connectivity index (χ0v) is 14.4. The van der Waals surface area contributed by atoms with Crippen molar-refractivity contribution < 1.29 is 13.6 Å². The lowest BCUT2D eigenvalue weighted by Gasteiger charge is -2.36.